The van der Waals surface area contributed by atoms with E-state index in [4.69, 9.17) is 16.6 Å². The molecule has 0 amide bonds. The summed E-state index contributed by atoms with van der Waals surface area (Å²) in [5.41, 5.74) is 0. The van der Waals surface area contributed by atoms with Crippen LogP contribution in [0, 0.1) is 0 Å². The largest absolute Gasteiger partial charge is 0.335 e. The maximum atomic E-state index is 6.38. The van der Waals surface area contributed by atoms with Crippen molar-refractivity contribution in [2.24, 2.45) is 0 Å². The van der Waals surface area contributed by atoms with Crippen molar-refractivity contribution >= 4 is 39.1 Å². The van der Waals surface area contributed by atoms with Gasteiger partial charge in [-0.05, 0) is 45.6 Å². The fourth-order valence-electron chi connectivity index (χ4n) is 3.03. The highest BCUT2D eigenvalue weighted by Gasteiger charge is 2.27. The molecule has 1 fully saturated rings. The summed E-state index contributed by atoms with van der Waals surface area (Å²) < 4.78 is 0. The summed E-state index contributed by atoms with van der Waals surface area (Å²) in [6.07, 6.45) is 4.71. The maximum Gasteiger partial charge on any atom is 0.228 e. The average molecular weight is 310 g/mol. The Kier molecular flexibility index (Phi) is 3.87. The van der Waals surface area contributed by atoms with Crippen LogP contribution in [-0.2, 0) is 6.42 Å². The summed E-state index contributed by atoms with van der Waals surface area (Å²) in [7, 11) is 0. The molecule has 2 aromatic rings. The quantitative estimate of drug-likeness (QED) is 0.755. The number of thiophene rings is 1. The van der Waals surface area contributed by atoms with E-state index >= 15 is 0 Å². The van der Waals surface area contributed by atoms with Gasteiger partial charge in [0.15, 0.2) is 0 Å². The highest BCUT2D eigenvalue weighted by atomic mass is 35.5. The minimum atomic E-state index is 0.484. The smallest absolute Gasteiger partial charge is 0.228 e. The Morgan fingerprint density at radius 2 is 2.00 bits per heavy atom. The predicted molar refractivity (Wildman–Crippen MR) is 87.1 cm³/mol. The first-order valence-corrected chi connectivity index (χ1v) is 8.54. The number of rotatable bonds is 2. The fourth-order valence-corrected chi connectivity index (χ4v) is 4.27. The molecule has 1 aliphatic rings. The van der Waals surface area contributed by atoms with Crippen molar-refractivity contribution in [3.8, 4) is 0 Å². The molecule has 0 aliphatic carbocycles. The Morgan fingerprint density at radius 1 is 1.30 bits per heavy atom. The molecule has 3 rings (SSSR count). The first-order chi connectivity index (χ1) is 9.60. The number of hydrogen-bond acceptors (Lipinski definition) is 4. The number of anilines is 1. The van der Waals surface area contributed by atoms with Crippen LogP contribution in [0.1, 0.15) is 44.9 Å². The highest BCUT2D eigenvalue weighted by Crippen LogP contribution is 2.33. The lowest BCUT2D eigenvalue weighted by Crippen LogP contribution is -2.44. The van der Waals surface area contributed by atoms with Crippen molar-refractivity contribution in [1.29, 1.82) is 0 Å². The van der Waals surface area contributed by atoms with E-state index in [1.165, 1.54) is 24.1 Å². The molecule has 3 heterocycles. The van der Waals surface area contributed by atoms with E-state index in [0.29, 0.717) is 17.2 Å². The SMILES string of the molecule is CCc1cc2c(Cl)nc(N3C(C)CCCC3C)nc2s1. The molecule has 1 aliphatic heterocycles. The van der Waals surface area contributed by atoms with Gasteiger partial charge in [0.05, 0.1) is 0 Å². The Hall–Kier alpha value is -0.870. The van der Waals surface area contributed by atoms with Crippen LogP contribution in [0.3, 0.4) is 0 Å². The maximum absolute atomic E-state index is 6.38. The minimum Gasteiger partial charge on any atom is -0.335 e. The Labute approximate surface area is 129 Å². The van der Waals surface area contributed by atoms with Crippen LogP contribution in [0.15, 0.2) is 6.07 Å². The number of aryl methyl sites for hydroxylation is 1. The fraction of sp³-hybridized carbons (Fsp3) is 0.600. The second-order valence-electron chi connectivity index (χ2n) is 5.64. The lowest BCUT2D eigenvalue weighted by Gasteiger charge is -2.39. The molecule has 20 heavy (non-hydrogen) atoms. The van der Waals surface area contributed by atoms with Crippen molar-refractivity contribution in [2.45, 2.75) is 58.5 Å². The number of hydrogen-bond donors (Lipinski definition) is 0. The average Bonchev–Trinajstić information content (AvgIpc) is 2.82. The van der Waals surface area contributed by atoms with Crippen LogP contribution in [0.5, 0.6) is 0 Å². The van der Waals surface area contributed by atoms with Crippen molar-refractivity contribution in [3.63, 3.8) is 0 Å². The molecule has 2 unspecified atom stereocenters. The molecule has 0 bridgehead atoms. The summed E-state index contributed by atoms with van der Waals surface area (Å²) in [5, 5.41) is 1.58. The molecule has 0 radical (unpaired) electrons. The molecule has 2 aromatic heterocycles. The van der Waals surface area contributed by atoms with Gasteiger partial charge in [-0.3, -0.25) is 0 Å². The van der Waals surface area contributed by atoms with E-state index < -0.39 is 0 Å². The van der Waals surface area contributed by atoms with Gasteiger partial charge in [0.2, 0.25) is 5.95 Å². The third kappa shape index (κ3) is 2.40. The van der Waals surface area contributed by atoms with Gasteiger partial charge in [0.25, 0.3) is 0 Å². The molecular weight excluding hydrogens is 290 g/mol. The highest BCUT2D eigenvalue weighted by molar-refractivity contribution is 7.18. The van der Waals surface area contributed by atoms with Gasteiger partial charge in [-0.25, -0.2) is 9.97 Å². The molecule has 2 atom stereocenters. The normalized spacial score (nSPS) is 23.5. The van der Waals surface area contributed by atoms with E-state index in [0.717, 1.165) is 22.6 Å². The van der Waals surface area contributed by atoms with Gasteiger partial charge in [0, 0.05) is 22.3 Å². The second kappa shape index (κ2) is 5.49. The molecule has 108 valence electrons. The third-order valence-electron chi connectivity index (χ3n) is 4.16. The van der Waals surface area contributed by atoms with E-state index in [2.05, 4.69) is 36.7 Å². The first-order valence-electron chi connectivity index (χ1n) is 7.34. The molecule has 0 saturated carbocycles. The Morgan fingerprint density at radius 3 is 2.65 bits per heavy atom. The summed E-state index contributed by atoms with van der Waals surface area (Å²) in [6, 6.07) is 3.09. The van der Waals surface area contributed by atoms with Crippen molar-refractivity contribution in [1.82, 2.24) is 9.97 Å². The number of halogens is 1. The van der Waals surface area contributed by atoms with E-state index in [-0.39, 0.29) is 0 Å². The predicted octanol–water partition coefficient (Wildman–Crippen LogP) is 4.67. The molecular formula is C15H20ClN3S. The van der Waals surface area contributed by atoms with Crippen molar-refractivity contribution < 1.29 is 0 Å². The zero-order chi connectivity index (χ0) is 14.3. The van der Waals surface area contributed by atoms with Crippen LogP contribution >= 0.6 is 22.9 Å². The van der Waals surface area contributed by atoms with Crippen LogP contribution in [0.25, 0.3) is 10.2 Å². The topological polar surface area (TPSA) is 29.0 Å². The molecule has 0 N–H and O–H groups in total. The Balaban J connectivity index is 2.07. The van der Waals surface area contributed by atoms with Crippen LogP contribution < -0.4 is 4.90 Å². The van der Waals surface area contributed by atoms with Crippen molar-refractivity contribution in [3.05, 3.63) is 16.1 Å². The molecule has 0 spiro atoms. The molecule has 1 saturated heterocycles. The van der Waals surface area contributed by atoms with Crippen LogP contribution in [0.2, 0.25) is 5.15 Å². The van der Waals surface area contributed by atoms with Crippen LogP contribution in [0.4, 0.5) is 5.95 Å². The summed E-state index contributed by atoms with van der Waals surface area (Å²) in [6.45, 7) is 6.66. The van der Waals surface area contributed by atoms with Gasteiger partial charge in [-0.15, -0.1) is 11.3 Å². The van der Waals surface area contributed by atoms with E-state index in [9.17, 15) is 0 Å². The summed E-state index contributed by atoms with van der Waals surface area (Å²) in [4.78, 5) is 14.0. The number of nitrogens with zero attached hydrogens (tertiary/aromatic N) is 3. The zero-order valence-corrected chi connectivity index (χ0v) is 13.8. The van der Waals surface area contributed by atoms with Gasteiger partial charge < -0.3 is 4.90 Å². The number of fused-ring (bicyclic) bond motifs is 1. The Bertz CT molecular complexity index is 615. The number of aromatic nitrogens is 2. The third-order valence-corrected chi connectivity index (χ3v) is 5.62. The van der Waals surface area contributed by atoms with Crippen LogP contribution in [-0.4, -0.2) is 22.1 Å². The lowest BCUT2D eigenvalue weighted by atomic mass is 9.98. The first kappa shape index (κ1) is 14.1. The lowest BCUT2D eigenvalue weighted by molar-refractivity contribution is 0.408. The van der Waals surface area contributed by atoms with Gasteiger partial charge in [-0.2, -0.15) is 0 Å². The van der Waals surface area contributed by atoms with E-state index in [1.807, 2.05) is 0 Å². The monoisotopic (exact) mass is 309 g/mol. The molecule has 0 aromatic carbocycles. The number of piperidine rings is 1. The second-order valence-corrected chi connectivity index (χ2v) is 7.11. The minimum absolute atomic E-state index is 0.484. The van der Waals surface area contributed by atoms with Gasteiger partial charge in [0.1, 0.15) is 9.98 Å². The van der Waals surface area contributed by atoms with Crippen molar-refractivity contribution in [2.75, 3.05) is 4.90 Å². The summed E-state index contributed by atoms with van der Waals surface area (Å²) in [5.74, 6) is 0.798. The molecule has 3 nitrogen and oxygen atoms in total. The standard InChI is InChI=1S/C15H20ClN3S/c1-4-11-8-12-13(16)17-15(18-14(12)20-11)19-9(2)6-5-7-10(19)3/h8-10H,4-7H2,1-3H3. The zero-order valence-electron chi connectivity index (χ0n) is 12.2. The summed E-state index contributed by atoms with van der Waals surface area (Å²) >= 11 is 8.11. The van der Waals surface area contributed by atoms with E-state index in [1.54, 1.807) is 11.3 Å². The van der Waals surface area contributed by atoms with Gasteiger partial charge >= 0.3 is 0 Å². The van der Waals surface area contributed by atoms with Gasteiger partial charge in [-0.1, -0.05) is 18.5 Å². The molecule has 5 heteroatoms.